The molecule has 0 aromatic heterocycles. The SMILES string of the molecule is CC(C)c1ccc(/C=C/C(=O)NC2CCCCC2C)cc1. The highest BCUT2D eigenvalue weighted by molar-refractivity contribution is 5.91. The lowest BCUT2D eigenvalue weighted by molar-refractivity contribution is -0.117. The summed E-state index contributed by atoms with van der Waals surface area (Å²) in [5.41, 5.74) is 2.40. The van der Waals surface area contributed by atoms with Crippen molar-refractivity contribution in [3.05, 3.63) is 41.5 Å². The Labute approximate surface area is 128 Å². The number of nitrogens with one attached hydrogen (secondary N) is 1. The van der Waals surface area contributed by atoms with Gasteiger partial charge >= 0.3 is 0 Å². The summed E-state index contributed by atoms with van der Waals surface area (Å²) in [5.74, 6) is 1.17. The molecule has 0 heterocycles. The number of hydrogen-bond acceptors (Lipinski definition) is 1. The van der Waals surface area contributed by atoms with E-state index in [2.05, 4.69) is 50.4 Å². The van der Waals surface area contributed by atoms with Crippen LogP contribution in [-0.2, 0) is 4.79 Å². The lowest BCUT2D eigenvalue weighted by Crippen LogP contribution is -2.40. The normalized spacial score (nSPS) is 22.7. The number of amides is 1. The molecule has 0 radical (unpaired) electrons. The first kappa shape index (κ1) is 15.8. The van der Waals surface area contributed by atoms with Crippen molar-refractivity contribution in [2.45, 2.75) is 58.4 Å². The van der Waals surface area contributed by atoms with Gasteiger partial charge in [-0.25, -0.2) is 0 Å². The fourth-order valence-electron chi connectivity index (χ4n) is 2.93. The van der Waals surface area contributed by atoms with Crippen molar-refractivity contribution in [1.29, 1.82) is 0 Å². The summed E-state index contributed by atoms with van der Waals surface area (Å²) in [6, 6.07) is 8.75. The first-order valence-corrected chi connectivity index (χ1v) is 8.15. The van der Waals surface area contributed by atoms with Crippen LogP contribution in [0.1, 0.15) is 63.5 Å². The van der Waals surface area contributed by atoms with Crippen molar-refractivity contribution in [2.75, 3.05) is 0 Å². The zero-order valence-electron chi connectivity index (χ0n) is 13.4. The molecule has 1 fully saturated rings. The van der Waals surface area contributed by atoms with E-state index in [1.54, 1.807) is 6.08 Å². The molecule has 1 aromatic carbocycles. The number of carbonyl (C=O) groups excluding carboxylic acids is 1. The van der Waals surface area contributed by atoms with E-state index < -0.39 is 0 Å². The molecule has 2 unspecified atom stereocenters. The van der Waals surface area contributed by atoms with E-state index in [9.17, 15) is 4.79 Å². The molecule has 1 N–H and O–H groups in total. The number of benzene rings is 1. The highest BCUT2D eigenvalue weighted by atomic mass is 16.1. The van der Waals surface area contributed by atoms with Crippen molar-refractivity contribution in [3.63, 3.8) is 0 Å². The molecule has 114 valence electrons. The molecule has 21 heavy (non-hydrogen) atoms. The summed E-state index contributed by atoms with van der Waals surface area (Å²) in [5, 5.41) is 3.14. The molecule has 1 aliphatic rings. The van der Waals surface area contributed by atoms with Gasteiger partial charge in [-0.3, -0.25) is 4.79 Å². The maximum Gasteiger partial charge on any atom is 0.244 e. The van der Waals surface area contributed by atoms with Gasteiger partial charge < -0.3 is 5.32 Å². The number of carbonyl (C=O) groups is 1. The Morgan fingerprint density at radius 1 is 1.19 bits per heavy atom. The van der Waals surface area contributed by atoms with Crippen LogP contribution in [-0.4, -0.2) is 11.9 Å². The third-order valence-corrected chi connectivity index (χ3v) is 4.47. The average Bonchev–Trinajstić information content (AvgIpc) is 2.48. The van der Waals surface area contributed by atoms with Crippen LogP contribution in [0.15, 0.2) is 30.3 Å². The molecule has 2 heteroatoms. The second-order valence-corrected chi connectivity index (χ2v) is 6.53. The summed E-state index contributed by atoms with van der Waals surface area (Å²) in [7, 11) is 0. The Morgan fingerprint density at radius 2 is 1.86 bits per heavy atom. The quantitative estimate of drug-likeness (QED) is 0.810. The van der Waals surface area contributed by atoms with Gasteiger partial charge in [-0.1, -0.05) is 57.9 Å². The predicted octanol–water partition coefficient (Wildman–Crippen LogP) is 4.52. The van der Waals surface area contributed by atoms with Gasteiger partial charge in [0.1, 0.15) is 0 Å². The van der Waals surface area contributed by atoms with Crippen LogP contribution in [0.2, 0.25) is 0 Å². The highest BCUT2D eigenvalue weighted by Gasteiger charge is 2.21. The van der Waals surface area contributed by atoms with Crippen LogP contribution in [0.25, 0.3) is 6.08 Å². The lowest BCUT2D eigenvalue weighted by Gasteiger charge is -2.29. The van der Waals surface area contributed by atoms with Gasteiger partial charge in [0.2, 0.25) is 5.91 Å². The van der Waals surface area contributed by atoms with Crippen molar-refractivity contribution in [3.8, 4) is 0 Å². The smallest absolute Gasteiger partial charge is 0.244 e. The van der Waals surface area contributed by atoms with Gasteiger partial charge in [-0.15, -0.1) is 0 Å². The summed E-state index contributed by atoms with van der Waals surface area (Å²) in [6.07, 6.45) is 8.43. The molecule has 2 nitrogen and oxygen atoms in total. The number of rotatable bonds is 4. The van der Waals surface area contributed by atoms with Crippen molar-refractivity contribution < 1.29 is 4.79 Å². The monoisotopic (exact) mass is 285 g/mol. The van der Waals surface area contributed by atoms with Crippen LogP contribution < -0.4 is 5.32 Å². The Kier molecular flexibility index (Phi) is 5.60. The van der Waals surface area contributed by atoms with Crippen LogP contribution in [0.3, 0.4) is 0 Å². The van der Waals surface area contributed by atoms with Gasteiger partial charge in [0.25, 0.3) is 0 Å². The summed E-state index contributed by atoms with van der Waals surface area (Å²) >= 11 is 0. The zero-order valence-corrected chi connectivity index (χ0v) is 13.4. The molecule has 1 amide bonds. The molecular weight excluding hydrogens is 258 g/mol. The van der Waals surface area contributed by atoms with Crippen molar-refractivity contribution in [2.24, 2.45) is 5.92 Å². The Balaban J connectivity index is 1.89. The van der Waals surface area contributed by atoms with E-state index in [1.807, 2.05) is 6.08 Å². The molecule has 2 atom stereocenters. The highest BCUT2D eigenvalue weighted by Crippen LogP contribution is 2.23. The van der Waals surface area contributed by atoms with Crippen molar-refractivity contribution in [1.82, 2.24) is 5.32 Å². The molecule has 0 aliphatic heterocycles. The molecule has 0 spiro atoms. The number of hydrogen-bond donors (Lipinski definition) is 1. The van der Waals surface area contributed by atoms with Gasteiger partial charge in [-0.2, -0.15) is 0 Å². The topological polar surface area (TPSA) is 29.1 Å². The first-order valence-electron chi connectivity index (χ1n) is 8.15. The maximum absolute atomic E-state index is 12.0. The summed E-state index contributed by atoms with van der Waals surface area (Å²) in [4.78, 5) is 12.0. The van der Waals surface area contributed by atoms with Gasteiger partial charge in [-0.05, 0) is 41.9 Å². The molecule has 0 saturated heterocycles. The van der Waals surface area contributed by atoms with Crippen molar-refractivity contribution >= 4 is 12.0 Å². The predicted molar refractivity (Wildman–Crippen MR) is 89.1 cm³/mol. The minimum absolute atomic E-state index is 0.0293. The molecular formula is C19H27NO. The molecule has 1 aromatic rings. The summed E-state index contributed by atoms with van der Waals surface area (Å²) in [6.45, 7) is 6.60. The Hall–Kier alpha value is -1.57. The van der Waals surface area contributed by atoms with E-state index in [1.165, 1.54) is 24.8 Å². The fraction of sp³-hybridized carbons (Fsp3) is 0.526. The van der Waals surface area contributed by atoms with Crippen LogP contribution in [0, 0.1) is 5.92 Å². The standard InChI is InChI=1S/C19H27NO/c1-14(2)17-11-8-16(9-12-17)10-13-19(21)20-18-7-5-4-6-15(18)3/h8-15,18H,4-7H2,1-3H3,(H,20,21)/b13-10+. The maximum atomic E-state index is 12.0. The van der Waals surface area contributed by atoms with Crippen LogP contribution in [0.4, 0.5) is 0 Å². The first-order chi connectivity index (χ1) is 10.1. The molecule has 0 bridgehead atoms. The second-order valence-electron chi connectivity index (χ2n) is 6.53. The van der Waals surface area contributed by atoms with Gasteiger partial charge in [0, 0.05) is 12.1 Å². The van der Waals surface area contributed by atoms with Gasteiger partial charge in [0.05, 0.1) is 0 Å². The van der Waals surface area contributed by atoms with Gasteiger partial charge in [0.15, 0.2) is 0 Å². The van der Waals surface area contributed by atoms with E-state index in [4.69, 9.17) is 0 Å². The molecule has 1 saturated carbocycles. The van der Waals surface area contributed by atoms with E-state index in [0.717, 1.165) is 12.0 Å². The molecule has 2 rings (SSSR count). The third-order valence-electron chi connectivity index (χ3n) is 4.47. The van der Waals surface area contributed by atoms with E-state index >= 15 is 0 Å². The Bertz CT molecular complexity index is 487. The minimum atomic E-state index is 0.0293. The largest absolute Gasteiger partial charge is 0.350 e. The lowest BCUT2D eigenvalue weighted by atomic mass is 9.86. The minimum Gasteiger partial charge on any atom is -0.350 e. The fourth-order valence-corrected chi connectivity index (χ4v) is 2.93. The zero-order chi connectivity index (χ0) is 15.2. The third kappa shape index (κ3) is 4.73. The Morgan fingerprint density at radius 3 is 2.48 bits per heavy atom. The van der Waals surface area contributed by atoms with Crippen LogP contribution in [0.5, 0.6) is 0 Å². The summed E-state index contributed by atoms with van der Waals surface area (Å²) < 4.78 is 0. The second kappa shape index (κ2) is 7.44. The molecule has 1 aliphatic carbocycles. The van der Waals surface area contributed by atoms with E-state index in [-0.39, 0.29) is 5.91 Å². The van der Waals surface area contributed by atoms with Crippen LogP contribution >= 0.6 is 0 Å². The van der Waals surface area contributed by atoms with E-state index in [0.29, 0.717) is 17.9 Å². The average molecular weight is 285 g/mol.